The second-order valence-corrected chi connectivity index (χ2v) is 13.4. The normalized spacial score (nSPS) is 15.2. The van der Waals surface area contributed by atoms with E-state index in [4.69, 9.17) is 9.72 Å². The van der Waals surface area contributed by atoms with Crippen molar-refractivity contribution in [2.45, 2.75) is 73.1 Å². The van der Waals surface area contributed by atoms with Gasteiger partial charge in [0, 0.05) is 15.8 Å². The number of anilines is 1. The fourth-order valence-corrected chi connectivity index (χ4v) is 7.14. The Morgan fingerprint density at radius 3 is 2.51 bits per heavy atom. The molecule has 0 fully saturated rings. The maximum absolute atomic E-state index is 14.0. The van der Waals surface area contributed by atoms with Crippen LogP contribution in [0.1, 0.15) is 95.7 Å². The number of nitrogens with zero attached hydrogens (tertiary/aromatic N) is 1. The minimum absolute atomic E-state index is 0.216. The van der Waals surface area contributed by atoms with Crippen LogP contribution in [-0.2, 0) is 17.6 Å². The molecule has 1 N–H and O–H groups in total. The van der Waals surface area contributed by atoms with Crippen LogP contribution in [0.15, 0.2) is 48.5 Å². The summed E-state index contributed by atoms with van der Waals surface area (Å²) >= 11 is 1.52. The van der Waals surface area contributed by atoms with E-state index in [9.17, 15) is 9.59 Å². The number of methoxy groups -OCH3 is 1. The van der Waals surface area contributed by atoms with Gasteiger partial charge < -0.3 is 10.1 Å². The number of benzene rings is 2. The van der Waals surface area contributed by atoms with Crippen LogP contribution in [-0.4, -0.2) is 24.0 Å². The molecule has 0 bridgehead atoms. The minimum Gasteiger partial charge on any atom is -0.465 e. The summed E-state index contributed by atoms with van der Waals surface area (Å²) in [5.41, 5.74) is 7.05. The van der Waals surface area contributed by atoms with Crippen molar-refractivity contribution in [1.82, 2.24) is 4.98 Å². The molecular formula is C35H40N2O3S. The Morgan fingerprint density at radius 1 is 1.12 bits per heavy atom. The topological polar surface area (TPSA) is 68.3 Å². The molecule has 1 atom stereocenters. The minimum atomic E-state index is -0.396. The van der Waals surface area contributed by atoms with Crippen LogP contribution < -0.4 is 5.32 Å². The number of nitrogens with one attached hydrogen (secondary N) is 1. The quantitative estimate of drug-likeness (QED) is 0.226. The van der Waals surface area contributed by atoms with Crippen LogP contribution in [0.2, 0.25) is 0 Å². The molecule has 2 heterocycles. The van der Waals surface area contributed by atoms with Crippen LogP contribution in [0.3, 0.4) is 0 Å². The monoisotopic (exact) mass is 568 g/mol. The molecule has 214 valence electrons. The Kier molecular flexibility index (Phi) is 8.06. The number of ether oxygens (including phenoxy) is 1. The number of esters is 1. The second kappa shape index (κ2) is 11.4. The number of carbonyl (C=O) groups is 2. The molecule has 6 heteroatoms. The Morgan fingerprint density at radius 2 is 1.85 bits per heavy atom. The highest BCUT2D eigenvalue weighted by atomic mass is 32.1. The zero-order valence-electron chi connectivity index (χ0n) is 25.2. The van der Waals surface area contributed by atoms with E-state index in [0.717, 1.165) is 59.0 Å². The molecule has 2 aromatic carbocycles. The third kappa shape index (κ3) is 5.67. The Hall–Kier alpha value is -3.51. The van der Waals surface area contributed by atoms with Gasteiger partial charge in [0.1, 0.15) is 5.00 Å². The molecule has 2 aromatic heterocycles. The van der Waals surface area contributed by atoms with E-state index in [1.54, 1.807) is 0 Å². The summed E-state index contributed by atoms with van der Waals surface area (Å²) in [4.78, 5) is 33.1. The summed E-state index contributed by atoms with van der Waals surface area (Å²) in [6, 6.07) is 16.2. The van der Waals surface area contributed by atoms with Gasteiger partial charge in [0.2, 0.25) is 0 Å². The van der Waals surface area contributed by atoms with Gasteiger partial charge in [-0.15, -0.1) is 11.3 Å². The molecule has 1 amide bonds. The van der Waals surface area contributed by atoms with Crippen molar-refractivity contribution in [3.63, 3.8) is 0 Å². The lowest BCUT2D eigenvalue weighted by atomic mass is 9.69. The summed E-state index contributed by atoms with van der Waals surface area (Å²) in [5.74, 6) is 0.316. The Labute approximate surface area is 247 Å². The third-order valence-corrected chi connectivity index (χ3v) is 10.1. The lowest BCUT2D eigenvalue weighted by Gasteiger charge is -2.36. The first-order valence-electron chi connectivity index (χ1n) is 14.6. The van der Waals surface area contributed by atoms with Crippen molar-refractivity contribution in [3.05, 3.63) is 81.2 Å². The zero-order valence-corrected chi connectivity index (χ0v) is 26.0. The van der Waals surface area contributed by atoms with Crippen molar-refractivity contribution in [3.8, 4) is 11.3 Å². The van der Waals surface area contributed by atoms with E-state index in [-0.39, 0.29) is 11.3 Å². The van der Waals surface area contributed by atoms with Gasteiger partial charge in [-0.05, 0) is 72.8 Å². The molecule has 0 saturated heterocycles. The average Bonchev–Trinajstić information content (AvgIpc) is 3.33. The maximum atomic E-state index is 14.0. The van der Waals surface area contributed by atoms with Gasteiger partial charge in [0.15, 0.2) is 0 Å². The highest BCUT2D eigenvalue weighted by Gasteiger charge is 2.36. The average molecular weight is 569 g/mol. The van der Waals surface area contributed by atoms with Crippen LogP contribution in [0, 0.1) is 18.3 Å². The van der Waals surface area contributed by atoms with Gasteiger partial charge in [-0.1, -0.05) is 76.9 Å². The lowest BCUT2D eigenvalue weighted by Crippen LogP contribution is -2.28. The summed E-state index contributed by atoms with van der Waals surface area (Å²) in [6.45, 7) is 13.2. The van der Waals surface area contributed by atoms with Crippen LogP contribution in [0.5, 0.6) is 0 Å². The number of hydrogen-bond acceptors (Lipinski definition) is 5. The van der Waals surface area contributed by atoms with Crippen molar-refractivity contribution in [2.75, 3.05) is 12.4 Å². The maximum Gasteiger partial charge on any atom is 0.341 e. The van der Waals surface area contributed by atoms with Gasteiger partial charge in [0.25, 0.3) is 5.91 Å². The molecule has 0 spiro atoms. The van der Waals surface area contributed by atoms with Crippen molar-refractivity contribution in [2.24, 2.45) is 11.3 Å². The van der Waals surface area contributed by atoms with Crippen molar-refractivity contribution in [1.29, 1.82) is 0 Å². The highest BCUT2D eigenvalue weighted by molar-refractivity contribution is 7.17. The van der Waals surface area contributed by atoms with E-state index in [0.29, 0.717) is 28.0 Å². The van der Waals surface area contributed by atoms with E-state index in [1.807, 2.05) is 31.2 Å². The number of pyridine rings is 1. The van der Waals surface area contributed by atoms with Crippen LogP contribution >= 0.6 is 11.3 Å². The molecule has 4 aromatic rings. The fourth-order valence-electron chi connectivity index (χ4n) is 5.83. The first kappa shape index (κ1) is 29.0. The predicted molar refractivity (Wildman–Crippen MR) is 169 cm³/mol. The Bertz CT molecular complexity index is 1610. The summed E-state index contributed by atoms with van der Waals surface area (Å²) in [5, 5.41) is 4.49. The molecule has 1 unspecified atom stereocenters. The van der Waals surface area contributed by atoms with Gasteiger partial charge >= 0.3 is 5.97 Å². The van der Waals surface area contributed by atoms with Crippen molar-refractivity contribution < 1.29 is 14.3 Å². The third-order valence-electron chi connectivity index (χ3n) is 8.98. The fraction of sp³-hybridized carbons (Fsp3) is 0.400. The number of amides is 1. The molecule has 41 heavy (non-hydrogen) atoms. The summed E-state index contributed by atoms with van der Waals surface area (Å²) < 4.78 is 5.20. The van der Waals surface area contributed by atoms with Gasteiger partial charge in [-0.25, -0.2) is 9.78 Å². The molecule has 5 rings (SSSR count). The van der Waals surface area contributed by atoms with Gasteiger partial charge in [-0.2, -0.15) is 0 Å². The Balaban J connectivity index is 1.56. The smallest absolute Gasteiger partial charge is 0.341 e. The van der Waals surface area contributed by atoms with E-state index < -0.39 is 5.97 Å². The van der Waals surface area contributed by atoms with E-state index >= 15 is 0 Å². The molecular weight excluding hydrogens is 528 g/mol. The molecule has 0 saturated carbocycles. The molecule has 0 aliphatic heterocycles. The van der Waals surface area contributed by atoms with E-state index in [1.165, 1.54) is 28.9 Å². The van der Waals surface area contributed by atoms with Gasteiger partial charge in [-0.3, -0.25) is 4.79 Å². The molecule has 1 aliphatic carbocycles. The number of carbonyl (C=O) groups excluding carboxylic acids is 2. The van der Waals surface area contributed by atoms with Crippen LogP contribution in [0.25, 0.3) is 22.2 Å². The highest BCUT2D eigenvalue weighted by Crippen LogP contribution is 2.46. The molecule has 0 radical (unpaired) electrons. The zero-order chi connectivity index (χ0) is 29.5. The number of thiophene rings is 1. The summed E-state index contributed by atoms with van der Waals surface area (Å²) in [7, 11) is 1.40. The van der Waals surface area contributed by atoms with E-state index in [2.05, 4.69) is 64.2 Å². The van der Waals surface area contributed by atoms with Crippen LogP contribution in [0.4, 0.5) is 5.00 Å². The SMILES string of the molecule is CCC(C)(C)C1CCc2c(sc(NC(=O)c3cc(-c4ccc(C(C)C)cc4)nc4ccc(C)cc34)c2C(=O)OC)C1. The van der Waals surface area contributed by atoms with Gasteiger partial charge in [0.05, 0.1) is 29.4 Å². The first-order valence-corrected chi connectivity index (χ1v) is 15.4. The summed E-state index contributed by atoms with van der Waals surface area (Å²) in [6.07, 6.45) is 3.85. The number of aryl methyl sites for hydroxylation is 1. The largest absolute Gasteiger partial charge is 0.465 e. The second-order valence-electron chi connectivity index (χ2n) is 12.3. The lowest BCUT2D eigenvalue weighted by molar-refractivity contribution is 0.0600. The predicted octanol–water partition coefficient (Wildman–Crippen LogP) is 8.98. The number of aromatic nitrogens is 1. The number of hydrogen-bond donors (Lipinski definition) is 1. The number of fused-ring (bicyclic) bond motifs is 2. The standard InChI is InChI=1S/C35H40N2O3S/c1-8-35(5,6)24-14-15-25-30(18-24)41-33(31(25)34(39)40-7)37-32(38)27-19-29(23-12-10-22(11-13-23)20(2)3)36-28-16-9-21(4)17-26(27)28/h9-13,16-17,19-20,24H,8,14-15,18H2,1-7H3,(H,37,38). The molecule has 5 nitrogen and oxygen atoms in total. The van der Waals surface area contributed by atoms with Crippen molar-refractivity contribution >= 4 is 39.1 Å². The molecule has 1 aliphatic rings. The first-order chi connectivity index (χ1) is 19.5. The number of rotatable bonds is 7.